The van der Waals surface area contributed by atoms with Crippen LogP contribution in [-0.2, 0) is 12.3 Å². The number of rotatable bonds is 0. The maximum atomic E-state index is 4.95. The molecule has 0 N–H and O–H groups in total. The number of halogens is 3. The number of hydrogen-bond acceptors (Lipinski definition) is 0. The van der Waals surface area contributed by atoms with E-state index in [0.717, 1.165) is 0 Å². The summed E-state index contributed by atoms with van der Waals surface area (Å²) in [5, 5.41) is 0. The Morgan fingerprint density at radius 1 is 1.00 bits per heavy atom. The molecule has 0 radical (unpaired) electrons. The van der Waals surface area contributed by atoms with Crippen LogP contribution in [0.25, 0.3) is 0 Å². The molecule has 0 unspecified atom stereocenters. The predicted molar refractivity (Wildman–Crippen MR) is 27.9 cm³/mol. The molecule has 0 saturated carbocycles. The van der Waals surface area contributed by atoms with Gasteiger partial charge in [0.1, 0.15) is 0 Å². The summed E-state index contributed by atoms with van der Waals surface area (Å²) >= 11 is -1.77. The zero-order valence-electron chi connectivity index (χ0n) is 2.08. The molecule has 0 rings (SSSR count). The molecular formula is H2Cl3SV. The Morgan fingerprint density at radius 3 is 1.00 bits per heavy atom. The summed E-state index contributed by atoms with van der Waals surface area (Å²) in [6.45, 7) is 0. The van der Waals surface area contributed by atoms with Gasteiger partial charge in [-0.05, 0) is 0 Å². The molecule has 0 spiro atoms. The molecule has 0 aromatic heterocycles. The maximum absolute atomic E-state index is 4.95. The molecule has 0 bridgehead atoms. The van der Waals surface area contributed by atoms with E-state index in [2.05, 4.69) is 0 Å². The van der Waals surface area contributed by atoms with E-state index in [1.165, 1.54) is 0 Å². The Labute approximate surface area is 55.1 Å². The molecular weight excluding hydrogens is 189 g/mol. The van der Waals surface area contributed by atoms with E-state index in [1.54, 1.807) is 0 Å². The molecule has 34 valence electrons. The first-order valence-electron chi connectivity index (χ1n) is 0.507. The van der Waals surface area contributed by atoms with Crippen LogP contribution in [0, 0.1) is 0 Å². The van der Waals surface area contributed by atoms with E-state index < -0.39 is 12.3 Å². The Morgan fingerprint density at radius 2 is 1.00 bits per heavy atom. The molecule has 0 amide bonds. The van der Waals surface area contributed by atoms with E-state index in [-0.39, 0.29) is 13.5 Å². The Bertz CT molecular complexity index is 11.6. The van der Waals surface area contributed by atoms with E-state index in [1.807, 2.05) is 0 Å². The van der Waals surface area contributed by atoms with Gasteiger partial charge < -0.3 is 0 Å². The molecule has 0 aromatic carbocycles. The minimum absolute atomic E-state index is 0. The van der Waals surface area contributed by atoms with Crippen molar-refractivity contribution in [2.45, 2.75) is 0 Å². The van der Waals surface area contributed by atoms with Crippen molar-refractivity contribution < 1.29 is 12.3 Å². The van der Waals surface area contributed by atoms with E-state index >= 15 is 0 Å². The third-order valence-corrected chi connectivity index (χ3v) is 0. The molecule has 0 aromatic rings. The zero-order chi connectivity index (χ0) is 3.58. The molecule has 0 heterocycles. The van der Waals surface area contributed by atoms with Crippen LogP contribution in [-0.4, -0.2) is 0 Å². The monoisotopic (exact) mass is 190 g/mol. The Kier molecular flexibility index (Phi) is 11.5. The average Bonchev–Trinajstić information content (AvgIpc) is 0.811. The SMILES string of the molecule is S.[Cl][V]([Cl])[Cl]. The summed E-state index contributed by atoms with van der Waals surface area (Å²) in [6, 6.07) is 0. The molecule has 0 saturated heterocycles. The van der Waals surface area contributed by atoms with Crippen LogP contribution in [0.2, 0.25) is 0 Å². The fraction of sp³-hybridized carbons (Fsp3) is 0. The molecule has 0 nitrogen and oxygen atoms in total. The van der Waals surface area contributed by atoms with Crippen LogP contribution in [0.4, 0.5) is 0 Å². The second-order valence-electron chi connectivity index (χ2n) is 0.192. The van der Waals surface area contributed by atoms with Gasteiger partial charge in [-0.3, -0.25) is 0 Å². The summed E-state index contributed by atoms with van der Waals surface area (Å²) in [4.78, 5) is 0. The van der Waals surface area contributed by atoms with Crippen LogP contribution >= 0.6 is 43.0 Å². The topological polar surface area (TPSA) is 0 Å². The Hall–Kier alpha value is 1.80. The van der Waals surface area contributed by atoms with Crippen molar-refractivity contribution in [3.8, 4) is 0 Å². The van der Waals surface area contributed by atoms with Gasteiger partial charge in [-0.2, -0.15) is 13.5 Å². The summed E-state index contributed by atoms with van der Waals surface area (Å²) in [5.41, 5.74) is 0. The van der Waals surface area contributed by atoms with Gasteiger partial charge in [-0.25, -0.2) is 0 Å². The van der Waals surface area contributed by atoms with E-state index in [4.69, 9.17) is 29.5 Å². The Balaban J connectivity index is 0. The van der Waals surface area contributed by atoms with Crippen LogP contribution in [0.5, 0.6) is 0 Å². The molecule has 5 heavy (non-hydrogen) atoms. The first kappa shape index (κ1) is 9.93. The number of hydrogen-bond donors (Lipinski definition) is 0. The molecule has 5 heteroatoms. The van der Waals surface area contributed by atoms with Gasteiger partial charge in [0.05, 0.1) is 0 Å². The van der Waals surface area contributed by atoms with Crippen molar-refractivity contribution in [2.75, 3.05) is 0 Å². The van der Waals surface area contributed by atoms with Crippen molar-refractivity contribution >= 4 is 43.0 Å². The summed E-state index contributed by atoms with van der Waals surface area (Å²) in [7, 11) is 14.9. The van der Waals surface area contributed by atoms with Crippen molar-refractivity contribution in [2.24, 2.45) is 0 Å². The van der Waals surface area contributed by atoms with E-state index in [0.29, 0.717) is 0 Å². The summed E-state index contributed by atoms with van der Waals surface area (Å²) in [6.07, 6.45) is 0. The molecule has 0 aliphatic carbocycles. The second kappa shape index (κ2) is 5.80. The summed E-state index contributed by atoms with van der Waals surface area (Å²) in [5.74, 6) is 0. The van der Waals surface area contributed by atoms with E-state index in [9.17, 15) is 0 Å². The van der Waals surface area contributed by atoms with Gasteiger partial charge >= 0.3 is 41.8 Å². The van der Waals surface area contributed by atoms with Crippen LogP contribution in [0.15, 0.2) is 0 Å². The summed E-state index contributed by atoms with van der Waals surface area (Å²) < 4.78 is 0. The quantitative estimate of drug-likeness (QED) is 0.550. The van der Waals surface area contributed by atoms with Gasteiger partial charge in [0.2, 0.25) is 0 Å². The standard InChI is InChI=1S/3ClH.H2S.V/h3*1H;1H2;/q;;;;+3/p-3. The molecule has 0 aliphatic heterocycles. The van der Waals surface area contributed by atoms with Crippen molar-refractivity contribution in [1.82, 2.24) is 0 Å². The minimum atomic E-state index is -1.77. The third-order valence-electron chi connectivity index (χ3n) is 0. The normalized spacial score (nSPS) is 7.20. The van der Waals surface area contributed by atoms with Crippen molar-refractivity contribution in [3.05, 3.63) is 0 Å². The second-order valence-corrected chi connectivity index (χ2v) is 7.11. The van der Waals surface area contributed by atoms with Gasteiger partial charge in [0.25, 0.3) is 0 Å². The molecule has 0 aliphatic rings. The third kappa shape index (κ3) is 25.8. The van der Waals surface area contributed by atoms with Crippen LogP contribution in [0.1, 0.15) is 0 Å². The fourth-order valence-corrected chi connectivity index (χ4v) is 0. The van der Waals surface area contributed by atoms with Crippen molar-refractivity contribution in [1.29, 1.82) is 0 Å². The first-order valence-corrected chi connectivity index (χ1v) is 6.27. The van der Waals surface area contributed by atoms with Crippen LogP contribution < -0.4 is 0 Å². The molecule has 0 atom stereocenters. The van der Waals surface area contributed by atoms with Gasteiger partial charge in [0.15, 0.2) is 0 Å². The van der Waals surface area contributed by atoms with Gasteiger partial charge in [0, 0.05) is 0 Å². The molecule has 0 fully saturated rings. The van der Waals surface area contributed by atoms with Crippen molar-refractivity contribution in [3.63, 3.8) is 0 Å². The first-order chi connectivity index (χ1) is 1.73. The zero-order valence-corrected chi connectivity index (χ0v) is 6.75. The fourth-order valence-electron chi connectivity index (χ4n) is 0. The predicted octanol–water partition coefficient (Wildman–Crippen LogP) is 2.18. The average molecular weight is 191 g/mol. The van der Waals surface area contributed by atoms with Gasteiger partial charge in [-0.15, -0.1) is 0 Å². The van der Waals surface area contributed by atoms with Gasteiger partial charge in [-0.1, -0.05) is 0 Å². The van der Waals surface area contributed by atoms with Crippen LogP contribution in [0.3, 0.4) is 0 Å².